The largest absolute Gasteiger partial charge is 0.493 e. The van der Waals surface area contributed by atoms with Gasteiger partial charge < -0.3 is 19.4 Å². The predicted octanol–water partition coefficient (Wildman–Crippen LogP) is 3.45. The summed E-state index contributed by atoms with van der Waals surface area (Å²) >= 11 is 0. The first kappa shape index (κ1) is 16.6. The Morgan fingerprint density at radius 3 is 2.36 bits per heavy atom. The molecule has 2 aromatic carbocycles. The molecule has 0 saturated carbocycles. The van der Waals surface area contributed by atoms with Gasteiger partial charge in [-0.1, -0.05) is 0 Å². The molecule has 0 aliphatic rings. The summed E-state index contributed by atoms with van der Waals surface area (Å²) in [6.07, 6.45) is 3.65. The summed E-state index contributed by atoms with van der Waals surface area (Å²) in [7, 11) is 3.09. The Kier molecular flexibility index (Phi) is 4.70. The molecule has 25 heavy (non-hydrogen) atoms. The smallest absolute Gasteiger partial charge is 0.255 e. The van der Waals surface area contributed by atoms with Gasteiger partial charge in [-0.25, -0.2) is 4.98 Å². The molecule has 0 aliphatic heterocycles. The quantitative estimate of drug-likeness (QED) is 0.774. The third kappa shape index (κ3) is 3.47. The van der Waals surface area contributed by atoms with E-state index in [0.717, 1.165) is 11.5 Å². The topological polar surface area (TPSA) is 65.4 Å². The number of amides is 1. The summed E-state index contributed by atoms with van der Waals surface area (Å²) in [6, 6.07) is 12.6. The number of carbonyl (C=O) groups is 1. The van der Waals surface area contributed by atoms with Crippen LogP contribution in [-0.2, 0) is 0 Å². The molecule has 0 saturated heterocycles. The molecular weight excluding hydrogens is 318 g/mol. The molecule has 0 fully saturated rings. The lowest BCUT2D eigenvalue weighted by molar-refractivity contribution is 0.102. The van der Waals surface area contributed by atoms with E-state index in [1.165, 1.54) is 7.11 Å². The number of carbonyl (C=O) groups excluding carboxylic acids is 1. The summed E-state index contributed by atoms with van der Waals surface area (Å²) in [4.78, 5) is 16.6. The van der Waals surface area contributed by atoms with E-state index in [2.05, 4.69) is 10.3 Å². The van der Waals surface area contributed by atoms with Gasteiger partial charge >= 0.3 is 0 Å². The minimum absolute atomic E-state index is 0.215. The zero-order valence-electron chi connectivity index (χ0n) is 14.3. The number of nitrogens with one attached hydrogen (secondary N) is 1. The molecule has 0 aliphatic carbocycles. The van der Waals surface area contributed by atoms with Crippen LogP contribution in [-0.4, -0.2) is 29.7 Å². The van der Waals surface area contributed by atoms with Gasteiger partial charge in [-0.05, 0) is 49.4 Å². The minimum Gasteiger partial charge on any atom is -0.493 e. The molecule has 3 rings (SSSR count). The molecule has 0 bridgehead atoms. The third-order valence-electron chi connectivity index (χ3n) is 3.87. The summed E-state index contributed by atoms with van der Waals surface area (Å²) in [5.74, 6) is 1.79. The molecule has 1 heterocycles. The number of hydrogen-bond acceptors (Lipinski definition) is 4. The highest BCUT2D eigenvalue weighted by atomic mass is 16.5. The van der Waals surface area contributed by atoms with Gasteiger partial charge in [-0.3, -0.25) is 4.79 Å². The fourth-order valence-corrected chi connectivity index (χ4v) is 2.54. The highest BCUT2D eigenvalue weighted by Crippen LogP contribution is 2.28. The number of ether oxygens (including phenoxy) is 2. The number of nitrogens with zero attached hydrogens (tertiary/aromatic N) is 2. The molecule has 128 valence electrons. The number of methoxy groups -OCH3 is 2. The number of anilines is 1. The molecule has 0 atom stereocenters. The Bertz CT molecular complexity index is 885. The second-order valence-corrected chi connectivity index (χ2v) is 5.42. The van der Waals surface area contributed by atoms with Crippen molar-refractivity contribution in [2.45, 2.75) is 6.92 Å². The average Bonchev–Trinajstić information content (AvgIpc) is 3.07. The second kappa shape index (κ2) is 7.09. The lowest BCUT2D eigenvalue weighted by Crippen LogP contribution is -2.12. The van der Waals surface area contributed by atoms with Crippen LogP contribution in [0.15, 0.2) is 54.9 Å². The van der Waals surface area contributed by atoms with Crippen LogP contribution in [0.4, 0.5) is 5.69 Å². The molecule has 1 aromatic heterocycles. The summed E-state index contributed by atoms with van der Waals surface area (Å²) in [5.41, 5.74) is 2.19. The summed E-state index contributed by atoms with van der Waals surface area (Å²) < 4.78 is 12.4. The van der Waals surface area contributed by atoms with Gasteiger partial charge in [0.05, 0.1) is 14.2 Å². The Balaban J connectivity index is 1.76. The first-order valence-electron chi connectivity index (χ1n) is 7.76. The Hall–Kier alpha value is -3.28. The number of imidazole rings is 1. The van der Waals surface area contributed by atoms with E-state index >= 15 is 0 Å². The number of aromatic nitrogens is 2. The molecule has 0 unspecified atom stereocenters. The molecule has 1 N–H and O–H groups in total. The van der Waals surface area contributed by atoms with Crippen LogP contribution in [0.25, 0.3) is 5.69 Å². The first-order valence-corrected chi connectivity index (χ1v) is 7.76. The van der Waals surface area contributed by atoms with Gasteiger partial charge in [-0.15, -0.1) is 0 Å². The van der Waals surface area contributed by atoms with Gasteiger partial charge in [-0.2, -0.15) is 0 Å². The molecule has 6 heteroatoms. The van der Waals surface area contributed by atoms with Crippen LogP contribution < -0.4 is 14.8 Å². The number of rotatable bonds is 5. The molecular formula is C19H19N3O3. The number of hydrogen-bond donors (Lipinski definition) is 1. The Labute approximate surface area is 146 Å². The van der Waals surface area contributed by atoms with Crippen molar-refractivity contribution >= 4 is 11.6 Å². The third-order valence-corrected chi connectivity index (χ3v) is 3.87. The molecule has 1 amide bonds. The van der Waals surface area contributed by atoms with Gasteiger partial charge in [0, 0.05) is 29.3 Å². The van der Waals surface area contributed by atoms with Gasteiger partial charge in [0.25, 0.3) is 5.91 Å². The Morgan fingerprint density at radius 2 is 1.76 bits per heavy atom. The van der Waals surface area contributed by atoms with E-state index in [1.54, 1.807) is 31.5 Å². The lowest BCUT2D eigenvalue weighted by atomic mass is 10.1. The van der Waals surface area contributed by atoms with Crippen LogP contribution in [0.5, 0.6) is 11.5 Å². The first-order chi connectivity index (χ1) is 12.1. The van der Waals surface area contributed by atoms with Crippen molar-refractivity contribution in [3.63, 3.8) is 0 Å². The molecule has 0 radical (unpaired) electrons. The molecule has 3 aromatic rings. The number of benzene rings is 2. The van der Waals surface area contributed by atoms with E-state index in [-0.39, 0.29) is 5.91 Å². The highest BCUT2D eigenvalue weighted by molar-refractivity contribution is 6.04. The second-order valence-electron chi connectivity index (χ2n) is 5.42. The fraction of sp³-hybridized carbons (Fsp3) is 0.158. The number of aryl methyl sites for hydroxylation is 1. The van der Waals surface area contributed by atoms with Gasteiger partial charge in [0.2, 0.25) is 0 Å². The summed E-state index contributed by atoms with van der Waals surface area (Å²) in [5, 5.41) is 2.87. The van der Waals surface area contributed by atoms with Crippen LogP contribution in [0.1, 0.15) is 16.2 Å². The molecule has 0 spiro atoms. The monoisotopic (exact) mass is 337 g/mol. The predicted molar refractivity (Wildman–Crippen MR) is 95.8 cm³/mol. The fourth-order valence-electron chi connectivity index (χ4n) is 2.54. The zero-order chi connectivity index (χ0) is 17.8. The lowest BCUT2D eigenvalue weighted by Gasteiger charge is -2.11. The van der Waals surface area contributed by atoms with Crippen LogP contribution >= 0.6 is 0 Å². The SMILES string of the molecule is COc1ccc(C(=O)Nc2ccc(-n3ccnc3C)cc2)cc1OC. The van der Waals surface area contributed by atoms with E-state index in [9.17, 15) is 4.79 Å². The standard InChI is InChI=1S/C19H19N3O3/c1-13-20-10-11-22(13)16-7-5-15(6-8-16)21-19(23)14-4-9-17(24-2)18(12-14)25-3/h4-12H,1-3H3,(H,21,23). The van der Waals surface area contributed by atoms with E-state index in [1.807, 2.05) is 42.0 Å². The van der Waals surface area contributed by atoms with Crippen LogP contribution in [0.3, 0.4) is 0 Å². The van der Waals surface area contributed by atoms with Crippen molar-refractivity contribution < 1.29 is 14.3 Å². The van der Waals surface area contributed by atoms with E-state index < -0.39 is 0 Å². The van der Waals surface area contributed by atoms with Crippen molar-refractivity contribution in [3.05, 3.63) is 66.2 Å². The van der Waals surface area contributed by atoms with Crippen molar-refractivity contribution in [2.75, 3.05) is 19.5 Å². The van der Waals surface area contributed by atoms with E-state index in [4.69, 9.17) is 9.47 Å². The van der Waals surface area contributed by atoms with Crippen molar-refractivity contribution in [1.82, 2.24) is 9.55 Å². The van der Waals surface area contributed by atoms with Crippen molar-refractivity contribution in [3.8, 4) is 17.2 Å². The minimum atomic E-state index is -0.215. The van der Waals surface area contributed by atoms with Crippen LogP contribution in [0, 0.1) is 6.92 Å². The maximum absolute atomic E-state index is 12.4. The van der Waals surface area contributed by atoms with Crippen molar-refractivity contribution in [2.24, 2.45) is 0 Å². The van der Waals surface area contributed by atoms with Crippen LogP contribution in [0.2, 0.25) is 0 Å². The maximum Gasteiger partial charge on any atom is 0.255 e. The summed E-state index contributed by atoms with van der Waals surface area (Å²) in [6.45, 7) is 1.94. The Morgan fingerprint density at radius 1 is 1.04 bits per heavy atom. The normalized spacial score (nSPS) is 10.4. The van der Waals surface area contributed by atoms with Gasteiger partial charge in [0.15, 0.2) is 11.5 Å². The van der Waals surface area contributed by atoms with Gasteiger partial charge in [0.1, 0.15) is 5.82 Å². The van der Waals surface area contributed by atoms with Crippen molar-refractivity contribution in [1.29, 1.82) is 0 Å². The average molecular weight is 337 g/mol. The zero-order valence-corrected chi connectivity index (χ0v) is 14.3. The molecule has 6 nitrogen and oxygen atoms in total. The highest BCUT2D eigenvalue weighted by Gasteiger charge is 2.11. The maximum atomic E-state index is 12.4. The van der Waals surface area contributed by atoms with E-state index in [0.29, 0.717) is 22.7 Å².